The predicted molar refractivity (Wildman–Crippen MR) is 111 cm³/mol. The van der Waals surface area contributed by atoms with Gasteiger partial charge in [0.25, 0.3) is 0 Å². The number of carbonyl (C=O) groups excluding carboxylic acids is 2. The van der Waals surface area contributed by atoms with Crippen LogP contribution in [0.1, 0.15) is 41.7 Å². The summed E-state index contributed by atoms with van der Waals surface area (Å²) in [4.78, 5) is 28.7. The van der Waals surface area contributed by atoms with E-state index < -0.39 is 0 Å². The molecule has 0 spiro atoms. The summed E-state index contributed by atoms with van der Waals surface area (Å²) in [5.74, 6) is 0.721. The Morgan fingerprint density at radius 1 is 1.03 bits per heavy atom. The lowest BCUT2D eigenvalue weighted by atomic mass is 10.0. The van der Waals surface area contributed by atoms with Gasteiger partial charge in [-0.1, -0.05) is 12.1 Å². The topological polar surface area (TPSA) is 95.3 Å². The van der Waals surface area contributed by atoms with Gasteiger partial charge in [-0.05, 0) is 42.8 Å². The van der Waals surface area contributed by atoms with Crippen molar-refractivity contribution >= 4 is 11.7 Å². The fourth-order valence-electron chi connectivity index (χ4n) is 3.04. The summed E-state index contributed by atoms with van der Waals surface area (Å²) in [5.41, 5.74) is 2.32. The van der Waals surface area contributed by atoms with E-state index >= 15 is 0 Å². The van der Waals surface area contributed by atoms with Crippen LogP contribution < -0.4 is 14.8 Å². The van der Waals surface area contributed by atoms with E-state index in [1.807, 2.05) is 31.2 Å². The minimum atomic E-state index is -0.184. The Balaban J connectivity index is 1.53. The molecule has 3 aromatic rings. The number of rotatable bonds is 9. The lowest BCUT2D eigenvalue weighted by molar-refractivity contribution is -0.121. The number of Topliss-reactive ketones (excluding diaryl/α,β-unsaturated/α-hetero) is 1. The highest BCUT2D eigenvalue weighted by Crippen LogP contribution is 2.28. The maximum absolute atomic E-state index is 12.4. The van der Waals surface area contributed by atoms with E-state index in [1.54, 1.807) is 29.2 Å². The van der Waals surface area contributed by atoms with Gasteiger partial charge in [-0.25, -0.2) is 9.67 Å². The zero-order valence-corrected chi connectivity index (χ0v) is 17.2. The average Bonchev–Trinajstić information content (AvgIpc) is 3.32. The Morgan fingerprint density at radius 2 is 1.77 bits per heavy atom. The standard InChI is InChI=1S/C22H24N4O4/c1-15(16-4-7-18(8-5-16)26-14-23-13-24-26)25-22(28)11-9-19(27)17-6-10-20(29-2)21(12-17)30-3/h4-8,10,12-15H,9,11H2,1-3H3,(H,25,28). The molecule has 8 nitrogen and oxygen atoms in total. The highest BCUT2D eigenvalue weighted by molar-refractivity contribution is 5.98. The number of carbonyl (C=O) groups is 2. The monoisotopic (exact) mass is 408 g/mol. The summed E-state index contributed by atoms with van der Waals surface area (Å²) in [7, 11) is 3.05. The SMILES string of the molecule is COc1ccc(C(=O)CCC(=O)NC(C)c2ccc(-n3cncn3)cc2)cc1OC. The second-order valence-electron chi connectivity index (χ2n) is 6.71. The van der Waals surface area contributed by atoms with Crippen LogP contribution in [0.3, 0.4) is 0 Å². The molecule has 30 heavy (non-hydrogen) atoms. The van der Waals surface area contributed by atoms with E-state index in [1.165, 1.54) is 20.5 Å². The molecule has 0 radical (unpaired) electrons. The van der Waals surface area contributed by atoms with Crippen LogP contribution in [-0.4, -0.2) is 40.7 Å². The van der Waals surface area contributed by atoms with Crippen molar-refractivity contribution in [1.82, 2.24) is 20.1 Å². The van der Waals surface area contributed by atoms with Crippen LogP contribution in [0.25, 0.3) is 5.69 Å². The molecule has 0 saturated carbocycles. The van der Waals surface area contributed by atoms with Crippen LogP contribution in [0.5, 0.6) is 11.5 Å². The van der Waals surface area contributed by atoms with E-state index in [0.29, 0.717) is 17.1 Å². The minimum Gasteiger partial charge on any atom is -0.493 e. The zero-order valence-electron chi connectivity index (χ0n) is 17.2. The minimum absolute atomic E-state index is 0.106. The highest BCUT2D eigenvalue weighted by atomic mass is 16.5. The zero-order chi connectivity index (χ0) is 21.5. The number of ether oxygens (including phenoxy) is 2. The number of ketones is 1. The molecule has 0 fully saturated rings. The molecule has 3 rings (SSSR count). The molecule has 1 N–H and O–H groups in total. The Labute approximate surface area is 174 Å². The number of aromatic nitrogens is 3. The fourth-order valence-corrected chi connectivity index (χ4v) is 3.04. The average molecular weight is 408 g/mol. The van der Waals surface area contributed by atoms with Crippen LogP contribution in [0.2, 0.25) is 0 Å². The molecular weight excluding hydrogens is 384 g/mol. The van der Waals surface area contributed by atoms with Gasteiger partial charge in [0.05, 0.1) is 25.9 Å². The third-order valence-corrected chi connectivity index (χ3v) is 4.74. The van der Waals surface area contributed by atoms with Crippen LogP contribution in [0.15, 0.2) is 55.1 Å². The van der Waals surface area contributed by atoms with E-state index in [4.69, 9.17) is 9.47 Å². The van der Waals surface area contributed by atoms with E-state index in [0.717, 1.165) is 11.3 Å². The molecular formula is C22H24N4O4. The summed E-state index contributed by atoms with van der Waals surface area (Å²) in [6, 6.07) is 12.5. The number of hydrogen-bond acceptors (Lipinski definition) is 6. The molecule has 1 amide bonds. The van der Waals surface area contributed by atoms with Crippen LogP contribution >= 0.6 is 0 Å². The number of nitrogens with one attached hydrogen (secondary N) is 1. The molecule has 156 valence electrons. The Bertz CT molecular complexity index is 1000. The predicted octanol–water partition coefficient (Wildman–Crippen LogP) is 3.12. The number of hydrogen-bond donors (Lipinski definition) is 1. The van der Waals surface area contributed by atoms with Crippen molar-refractivity contribution in [3.05, 3.63) is 66.2 Å². The maximum Gasteiger partial charge on any atom is 0.220 e. The lowest BCUT2D eigenvalue weighted by Gasteiger charge is -2.15. The first-order chi connectivity index (χ1) is 14.5. The number of nitrogens with zero attached hydrogens (tertiary/aromatic N) is 3. The Kier molecular flexibility index (Phi) is 6.79. The lowest BCUT2D eigenvalue weighted by Crippen LogP contribution is -2.27. The fraction of sp³-hybridized carbons (Fsp3) is 0.273. The quantitative estimate of drug-likeness (QED) is 0.547. The summed E-state index contributed by atoms with van der Waals surface area (Å²) in [5, 5.41) is 7.01. The smallest absolute Gasteiger partial charge is 0.220 e. The van der Waals surface area contributed by atoms with Gasteiger partial charge >= 0.3 is 0 Å². The van der Waals surface area contributed by atoms with Gasteiger partial charge in [0.1, 0.15) is 12.7 Å². The first kappa shape index (κ1) is 21.0. The second-order valence-corrected chi connectivity index (χ2v) is 6.71. The highest BCUT2D eigenvalue weighted by Gasteiger charge is 2.14. The van der Waals surface area contributed by atoms with Gasteiger partial charge in [-0.15, -0.1) is 0 Å². The van der Waals surface area contributed by atoms with E-state index in [9.17, 15) is 9.59 Å². The number of amides is 1. The first-order valence-electron chi connectivity index (χ1n) is 9.51. The van der Waals surface area contributed by atoms with Crippen LogP contribution in [-0.2, 0) is 4.79 Å². The summed E-state index contributed by atoms with van der Waals surface area (Å²) >= 11 is 0. The second kappa shape index (κ2) is 9.69. The van der Waals surface area contributed by atoms with Gasteiger partial charge < -0.3 is 14.8 Å². The van der Waals surface area contributed by atoms with E-state index in [2.05, 4.69) is 15.4 Å². The van der Waals surface area contributed by atoms with Crippen molar-refractivity contribution in [2.75, 3.05) is 14.2 Å². The van der Waals surface area contributed by atoms with Crippen molar-refractivity contribution in [2.24, 2.45) is 0 Å². The van der Waals surface area contributed by atoms with Crippen molar-refractivity contribution in [1.29, 1.82) is 0 Å². The molecule has 0 aliphatic heterocycles. The molecule has 0 aliphatic rings. The van der Waals surface area contributed by atoms with Gasteiger partial charge in [0.2, 0.25) is 5.91 Å². The molecule has 0 bridgehead atoms. The molecule has 1 atom stereocenters. The van der Waals surface area contributed by atoms with Crippen molar-refractivity contribution in [3.8, 4) is 17.2 Å². The van der Waals surface area contributed by atoms with Crippen molar-refractivity contribution in [3.63, 3.8) is 0 Å². The van der Waals surface area contributed by atoms with Gasteiger partial charge in [-0.3, -0.25) is 9.59 Å². The van der Waals surface area contributed by atoms with Gasteiger partial charge in [0.15, 0.2) is 17.3 Å². The Morgan fingerprint density at radius 3 is 2.40 bits per heavy atom. The third kappa shape index (κ3) is 5.02. The van der Waals surface area contributed by atoms with Gasteiger partial charge in [0, 0.05) is 18.4 Å². The summed E-state index contributed by atoms with van der Waals surface area (Å²) in [6.45, 7) is 1.90. The largest absolute Gasteiger partial charge is 0.493 e. The molecule has 8 heteroatoms. The van der Waals surface area contributed by atoms with Gasteiger partial charge in [-0.2, -0.15) is 5.10 Å². The normalized spacial score (nSPS) is 11.6. The molecule has 1 aromatic heterocycles. The molecule has 0 saturated heterocycles. The number of methoxy groups -OCH3 is 2. The summed E-state index contributed by atoms with van der Waals surface area (Å²) < 4.78 is 12.1. The number of benzene rings is 2. The van der Waals surface area contributed by atoms with Crippen LogP contribution in [0.4, 0.5) is 0 Å². The first-order valence-corrected chi connectivity index (χ1v) is 9.51. The maximum atomic E-state index is 12.4. The summed E-state index contributed by atoms with van der Waals surface area (Å²) in [6.07, 6.45) is 3.31. The third-order valence-electron chi connectivity index (χ3n) is 4.74. The van der Waals surface area contributed by atoms with Crippen molar-refractivity contribution in [2.45, 2.75) is 25.8 Å². The van der Waals surface area contributed by atoms with Crippen molar-refractivity contribution < 1.29 is 19.1 Å². The Hall–Kier alpha value is -3.68. The molecule has 2 aromatic carbocycles. The molecule has 1 heterocycles. The van der Waals surface area contributed by atoms with Crippen LogP contribution in [0, 0.1) is 0 Å². The molecule has 1 unspecified atom stereocenters. The van der Waals surface area contributed by atoms with E-state index in [-0.39, 0.29) is 30.6 Å². The molecule has 0 aliphatic carbocycles.